The zero-order chi connectivity index (χ0) is 26.9. The number of phenols is 1. The summed E-state index contributed by atoms with van der Waals surface area (Å²) in [7, 11) is 0. The van der Waals surface area contributed by atoms with E-state index in [2.05, 4.69) is 10.6 Å². The molecule has 194 valence electrons. The molecule has 0 radical (unpaired) electrons. The van der Waals surface area contributed by atoms with E-state index in [0.717, 1.165) is 12.8 Å². The number of ether oxygens (including phenoxy) is 1. The number of amides is 3. The summed E-state index contributed by atoms with van der Waals surface area (Å²) in [6.45, 7) is 13.8. The Bertz CT molecular complexity index is 933. The zero-order valence-electron chi connectivity index (χ0n) is 22.1. The van der Waals surface area contributed by atoms with Gasteiger partial charge in [0.05, 0.1) is 6.07 Å². The molecule has 0 spiro atoms. The van der Waals surface area contributed by atoms with E-state index in [9.17, 15) is 24.8 Å². The molecule has 1 rings (SSSR count). The van der Waals surface area contributed by atoms with Gasteiger partial charge in [-0.15, -0.1) is 0 Å². The number of phenolic OH excluding ortho intramolecular Hbond substituents is 1. The van der Waals surface area contributed by atoms with Crippen molar-refractivity contribution >= 4 is 17.9 Å². The lowest BCUT2D eigenvalue weighted by Crippen LogP contribution is -2.55. The number of alkyl carbamates (subject to hydrolysis) is 1. The summed E-state index contributed by atoms with van der Waals surface area (Å²) in [6.07, 6.45) is 0.841. The fourth-order valence-electron chi connectivity index (χ4n) is 3.65. The monoisotopic (exact) mass is 488 g/mol. The van der Waals surface area contributed by atoms with E-state index in [1.807, 2.05) is 19.9 Å². The predicted octanol–water partition coefficient (Wildman–Crippen LogP) is 3.95. The molecule has 0 saturated heterocycles. The lowest BCUT2D eigenvalue weighted by atomic mass is 9.97. The standard InChI is InChI=1S/C26H40N4O5/c1-9-10-18(5)28-23(32)22(19-11-12-20(31)17(4)15-19)30(14-13-27)24(33)21(16(2)3)29-25(34)35-26(6,7)8/h11-12,15-16,18,21-22,31H,9-10,14H2,1-8H3,(H,28,32)(H,29,34). The highest BCUT2D eigenvalue weighted by Gasteiger charge is 2.38. The number of rotatable bonds is 10. The largest absolute Gasteiger partial charge is 0.508 e. The zero-order valence-corrected chi connectivity index (χ0v) is 22.1. The Balaban J connectivity index is 3.47. The summed E-state index contributed by atoms with van der Waals surface area (Å²) >= 11 is 0. The molecule has 0 aliphatic carbocycles. The van der Waals surface area contributed by atoms with E-state index < -0.39 is 35.6 Å². The van der Waals surface area contributed by atoms with Crippen LogP contribution in [0, 0.1) is 24.2 Å². The maximum atomic E-state index is 13.7. The van der Waals surface area contributed by atoms with Crippen LogP contribution in [0.5, 0.6) is 5.75 Å². The van der Waals surface area contributed by atoms with Crippen LogP contribution in [0.2, 0.25) is 0 Å². The minimum absolute atomic E-state index is 0.0528. The van der Waals surface area contributed by atoms with E-state index in [-0.39, 0.29) is 24.3 Å². The van der Waals surface area contributed by atoms with Gasteiger partial charge in [0, 0.05) is 6.04 Å². The number of nitrogens with zero attached hydrogens (tertiary/aromatic N) is 2. The lowest BCUT2D eigenvalue weighted by molar-refractivity contribution is -0.142. The van der Waals surface area contributed by atoms with Crippen molar-refractivity contribution in [1.29, 1.82) is 5.26 Å². The summed E-state index contributed by atoms with van der Waals surface area (Å²) in [6, 6.07) is 4.29. The van der Waals surface area contributed by atoms with Gasteiger partial charge < -0.3 is 25.4 Å². The predicted molar refractivity (Wildman–Crippen MR) is 133 cm³/mol. The first kappa shape index (κ1) is 29.8. The third-order valence-electron chi connectivity index (χ3n) is 5.34. The third kappa shape index (κ3) is 9.12. The molecule has 9 nitrogen and oxygen atoms in total. The number of nitriles is 1. The van der Waals surface area contributed by atoms with Crippen LogP contribution in [0.1, 0.15) is 78.5 Å². The Labute approximate surface area is 208 Å². The molecule has 0 fully saturated rings. The second-order valence-corrected chi connectivity index (χ2v) is 10.1. The number of aromatic hydroxyl groups is 1. The maximum absolute atomic E-state index is 13.7. The number of hydrogen-bond donors (Lipinski definition) is 3. The normalized spacial score (nSPS) is 13.8. The molecule has 0 heterocycles. The van der Waals surface area contributed by atoms with Crippen LogP contribution >= 0.6 is 0 Å². The Hall–Kier alpha value is -3.28. The Morgan fingerprint density at radius 1 is 1.17 bits per heavy atom. The molecule has 35 heavy (non-hydrogen) atoms. The maximum Gasteiger partial charge on any atom is 0.408 e. The van der Waals surface area contributed by atoms with E-state index in [1.165, 1.54) is 11.0 Å². The molecule has 9 heteroatoms. The molecule has 1 aromatic rings. The van der Waals surface area contributed by atoms with Gasteiger partial charge in [0.1, 0.15) is 30.0 Å². The van der Waals surface area contributed by atoms with Gasteiger partial charge in [-0.2, -0.15) is 5.26 Å². The van der Waals surface area contributed by atoms with E-state index >= 15 is 0 Å². The van der Waals surface area contributed by atoms with Crippen molar-refractivity contribution in [3.8, 4) is 11.8 Å². The lowest BCUT2D eigenvalue weighted by Gasteiger charge is -2.34. The molecular weight excluding hydrogens is 448 g/mol. The highest BCUT2D eigenvalue weighted by molar-refractivity contribution is 5.92. The molecule has 0 aromatic heterocycles. The molecule has 0 saturated carbocycles. The highest BCUT2D eigenvalue weighted by atomic mass is 16.6. The fraction of sp³-hybridized carbons (Fsp3) is 0.615. The first-order valence-electron chi connectivity index (χ1n) is 12.0. The third-order valence-corrected chi connectivity index (χ3v) is 5.34. The van der Waals surface area contributed by atoms with Gasteiger partial charge >= 0.3 is 6.09 Å². The Morgan fingerprint density at radius 3 is 2.29 bits per heavy atom. The van der Waals surface area contributed by atoms with E-state index in [4.69, 9.17) is 4.74 Å². The Morgan fingerprint density at radius 2 is 1.80 bits per heavy atom. The van der Waals surface area contributed by atoms with Gasteiger partial charge in [-0.1, -0.05) is 33.3 Å². The number of nitrogens with one attached hydrogen (secondary N) is 2. The number of benzene rings is 1. The molecule has 3 atom stereocenters. The van der Waals surface area contributed by atoms with E-state index in [1.54, 1.807) is 53.7 Å². The first-order chi connectivity index (χ1) is 16.2. The van der Waals surface area contributed by atoms with Crippen LogP contribution < -0.4 is 10.6 Å². The van der Waals surface area contributed by atoms with Crippen LogP contribution in [0.4, 0.5) is 4.79 Å². The molecular formula is C26H40N4O5. The van der Waals surface area contributed by atoms with Crippen molar-refractivity contribution in [3.05, 3.63) is 29.3 Å². The van der Waals surface area contributed by atoms with E-state index in [0.29, 0.717) is 11.1 Å². The summed E-state index contributed by atoms with van der Waals surface area (Å²) < 4.78 is 5.32. The number of carbonyl (C=O) groups excluding carboxylic acids is 3. The second-order valence-electron chi connectivity index (χ2n) is 10.1. The summed E-state index contributed by atoms with van der Waals surface area (Å²) in [4.78, 5) is 40.8. The van der Waals surface area contributed by atoms with Crippen LogP contribution in [0.3, 0.4) is 0 Å². The highest BCUT2D eigenvalue weighted by Crippen LogP contribution is 2.28. The molecule has 0 aliphatic heterocycles. The van der Waals surface area contributed by atoms with Gasteiger partial charge in [-0.25, -0.2) is 4.79 Å². The van der Waals surface area contributed by atoms with Crippen molar-refractivity contribution < 1.29 is 24.2 Å². The van der Waals surface area contributed by atoms with Crippen LogP contribution in [0.25, 0.3) is 0 Å². The molecule has 0 aliphatic rings. The van der Waals surface area contributed by atoms with Gasteiger partial charge in [-0.3, -0.25) is 9.59 Å². The number of aryl methyl sites for hydroxylation is 1. The van der Waals surface area contributed by atoms with Gasteiger partial charge in [0.15, 0.2) is 0 Å². The molecule has 3 amide bonds. The smallest absolute Gasteiger partial charge is 0.408 e. The minimum atomic E-state index is -1.14. The van der Waals surface area contributed by atoms with Crippen molar-refractivity contribution in [2.75, 3.05) is 6.54 Å². The SMILES string of the molecule is CCCC(C)NC(=O)C(c1ccc(O)c(C)c1)N(CC#N)C(=O)C(NC(=O)OC(C)(C)C)C(C)C. The van der Waals surface area contributed by atoms with Crippen molar-refractivity contribution in [2.45, 2.75) is 92.0 Å². The molecule has 0 bridgehead atoms. The van der Waals surface area contributed by atoms with Gasteiger partial charge in [0.25, 0.3) is 0 Å². The van der Waals surface area contributed by atoms with Crippen LogP contribution in [-0.4, -0.2) is 52.1 Å². The number of carbonyl (C=O) groups is 3. The summed E-state index contributed by atoms with van der Waals surface area (Å²) in [5.41, 5.74) is 0.214. The molecule has 3 N–H and O–H groups in total. The van der Waals surface area contributed by atoms with Gasteiger partial charge in [0.2, 0.25) is 11.8 Å². The number of hydrogen-bond acceptors (Lipinski definition) is 6. The Kier molecular flexibility index (Phi) is 11.0. The summed E-state index contributed by atoms with van der Waals surface area (Å²) in [5.74, 6) is -1.32. The molecule has 1 aromatic carbocycles. The van der Waals surface area contributed by atoms with Crippen molar-refractivity contribution in [3.63, 3.8) is 0 Å². The van der Waals surface area contributed by atoms with Crippen molar-refractivity contribution in [1.82, 2.24) is 15.5 Å². The second kappa shape index (κ2) is 13.0. The quantitative estimate of drug-likeness (QED) is 0.427. The average molecular weight is 489 g/mol. The van der Waals surface area contributed by atoms with Crippen LogP contribution in [-0.2, 0) is 14.3 Å². The summed E-state index contributed by atoms with van der Waals surface area (Å²) in [5, 5.41) is 25.1. The topological polar surface area (TPSA) is 132 Å². The fourth-order valence-corrected chi connectivity index (χ4v) is 3.65. The average Bonchev–Trinajstić information content (AvgIpc) is 2.72. The molecule has 3 unspecified atom stereocenters. The van der Waals surface area contributed by atoms with Crippen molar-refractivity contribution in [2.24, 2.45) is 5.92 Å². The minimum Gasteiger partial charge on any atom is -0.508 e. The first-order valence-corrected chi connectivity index (χ1v) is 12.0. The van der Waals surface area contributed by atoms with Crippen LogP contribution in [0.15, 0.2) is 18.2 Å². The van der Waals surface area contributed by atoms with Gasteiger partial charge in [-0.05, 0) is 70.2 Å².